The molecule has 1 aliphatic heterocycles. The third-order valence-electron chi connectivity index (χ3n) is 4.51. The van der Waals surface area contributed by atoms with Gasteiger partial charge in [0.1, 0.15) is 0 Å². The summed E-state index contributed by atoms with van der Waals surface area (Å²) in [5, 5.41) is 7.90. The Morgan fingerprint density at radius 3 is 3.04 bits per heavy atom. The molecule has 23 heavy (non-hydrogen) atoms. The molecule has 5 nitrogen and oxygen atoms in total. The van der Waals surface area contributed by atoms with Crippen LogP contribution < -0.4 is 5.32 Å². The number of aromatic nitrogens is 3. The summed E-state index contributed by atoms with van der Waals surface area (Å²) >= 11 is 0. The van der Waals surface area contributed by atoms with Gasteiger partial charge in [0.25, 0.3) is 0 Å². The second kappa shape index (κ2) is 7.53. The molecule has 0 aliphatic carbocycles. The summed E-state index contributed by atoms with van der Waals surface area (Å²) in [6.45, 7) is 10.1. The van der Waals surface area contributed by atoms with Crippen molar-refractivity contribution in [3.05, 3.63) is 54.6 Å². The molecular weight excluding hydrogens is 286 g/mol. The molecule has 0 spiro atoms. The Bertz CT molecular complexity index is 621. The molecule has 1 fully saturated rings. The lowest BCUT2D eigenvalue weighted by molar-refractivity contribution is 0.139. The molecule has 1 aliphatic rings. The Morgan fingerprint density at radius 1 is 1.43 bits per heavy atom. The lowest BCUT2D eigenvalue weighted by Crippen LogP contribution is -2.47. The van der Waals surface area contributed by atoms with E-state index in [1.807, 2.05) is 24.7 Å². The normalized spacial score (nSPS) is 22.1. The van der Waals surface area contributed by atoms with Gasteiger partial charge in [-0.2, -0.15) is 5.10 Å². The van der Waals surface area contributed by atoms with E-state index in [0.717, 1.165) is 31.9 Å². The average Bonchev–Trinajstić information content (AvgIpc) is 3.03. The standard InChI is InChI=1S/C18H25N5/c1-3-23-13-16(11-21-23)10-20-18-7-9-22(12-15(18)2)14-17-6-4-5-8-19-17/h3-6,8,11,13,15,18,20H,1,7,9-10,12,14H2,2H3. The third-order valence-corrected chi connectivity index (χ3v) is 4.51. The highest BCUT2D eigenvalue weighted by molar-refractivity contribution is 5.17. The van der Waals surface area contributed by atoms with Gasteiger partial charge in [0.2, 0.25) is 0 Å². The maximum absolute atomic E-state index is 4.43. The molecule has 2 aromatic heterocycles. The molecule has 5 heteroatoms. The van der Waals surface area contributed by atoms with Gasteiger partial charge in [0.15, 0.2) is 0 Å². The molecule has 0 radical (unpaired) electrons. The van der Waals surface area contributed by atoms with Crippen LogP contribution in [0.2, 0.25) is 0 Å². The maximum Gasteiger partial charge on any atom is 0.0543 e. The van der Waals surface area contributed by atoms with Crippen LogP contribution in [0.1, 0.15) is 24.6 Å². The zero-order chi connectivity index (χ0) is 16.1. The second-order valence-electron chi connectivity index (χ2n) is 6.32. The van der Waals surface area contributed by atoms with E-state index in [4.69, 9.17) is 0 Å². The molecule has 2 unspecified atom stereocenters. The molecular formula is C18H25N5. The van der Waals surface area contributed by atoms with Crippen LogP contribution >= 0.6 is 0 Å². The first kappa shape index (κ1) is 15.9. The lowest BCUT2D eigenvalue weighted by Gasteiger charge is -2.37. The van der Waals surface area contributed by atoms with E-state index in [2.05, 4.69) is 45.9 Å². The molecule has 1 N–H and O–H groups in total. The smallest absolute Gasteiger partial charge is 0.0543 e. The second-order valence-corrected chi connectivity index (χ2v) is 6.32. The van der Waals surface area contributed by atoms with Crippen LogP contribution in [0.3, 0.4) is 0 Å². The van der Waals surface area contributed by atoms with E-state index in [-0.39, 0.29) is 0 Å². The van der Waals surface area contributed by atoms with Crippen LogP contribution in [0, 0.1) is 5.92 Å². The minimum atomic E-state index is 0.557. The predicted octanol–water partition coefficient (Wildman–Crippen LogP) is 2.38. The zero-order valence-corrected chi connectivity index (χ0v) is 13.7. The Hall–Kier alpha value is -1.98. The van der Waals surface area contributed by atoms with Crippen LogP contribution in [0.15, 0.2) is 43.4 Å². The Kier molecular flexibility index (Phi) is 5.20. The number of nitrogens with zero attached hydrogens (tertiary/aromatic N) is 4. The van der Waals surface area contributed by atoms with E-state index >= 15 is 0 Å². The SMILES string of the molecule is C=Cn1cc(CNC2CCN(Cc3ccccn3)CC2C)cn1. The van der Waals surface area contributed by atoms with Crippen molar-refractivity contribution in [3.63, 3.8) is 0 Å². The van der Waals surface area contributed by atoms with E-state index < -0.39 is 0 Å². The lowest BCUT2D eigenvalue weighted by atomic mass is 9.93. The summed E-state index contributed by atoms with van der Waals surface area (Å²) in [5.41, 5.74) is 2.36. The van der Waals surface area contributed by atoms with Gasteiger partial charge in [0, 0.05) is 56.4 Å². The number of pyridine rings is 1. The van der Waals surface area contributed by atoms with Crippen LogP contribution in [-0.2, 0) is 13.1 Å². The third kappa shape index (κ3) is 4.27. The molecule has 122 valence electrons. The first-order chi connectivity index (χ1) is 11.2. The summed E-state index contributed by atoms with van der Waals surface area (Å²) < 4.78 is 1.75. The fourth-order valence-corrected chi connectivity index (χ4v) is 3.22. The van der Waals surface area contributed by atoms with Gasteiger partial charge < -0.3 is 5.32 Å². The van der Waals surface area contributed by atoms with Crippen LogP contribution in [0.25, 0.3) is 6.20 Å². The highest BCUT2D eigenvalue weighted by Crippen LogP contribution is 2.19. The fourth-order valence-electron chi connectivity index (χ4n) is 3.22. The molecule has 3 rings (SSSR count). The zero-order valence-electron chi connectivity index (χ0n) is 13.7. The van der Waals surface area contributed by atoms with Gasteiger partial charge in [-0.05, 0) is 24.5 Å². The molecule has 1 saturated heterocycles. The van der Waals surface area contributed by atoms with E-state index in [9.17, 15) is 0 Å². The van der Waals surface area contributed by atoms with Gasteiger partial charge in [-0.1, -0.05) is 19.6 Å². The summed E-state index contributed by atoms with van der Waals surface area (Å²) in [7, 11) is 0. The highest BCUT2D eigenvalue weighted by atomic mass is 15.2. The largest absolute Gasteiger partial charge is 0.309 e. The fraction of sp³-hybridized carbons (Fsp3) is 0.444. The molecule has 0 aromatic carbocycles. The predicted molar refractivity (Wildman–Crippen MR) is 92.5 cm³/mol. The van der Waals surface area contributed by atoms with Gasteiger partial charge in [0.05, 0.1) is 11.9 Å². The molecule has 3 heterocycles. The van der Waals surface area contributed by atoms with Gasteiger partial charge in [-0.25, -0.2) is 4.68 Å². The molecule has 2 atom stereocenters. The summed E-state index contributed by atoms with van der Waals surface area (Å²) in [6, 6.07) is 6.69. The van der Waals surface area contributed by atoms with Crippen molar-refractivity contribution in [2.24, 2.45) is 5.92 Å². The average molecular weight is 311 g/mol. The minimum absolute atomic E-state index is 0.557. The summed E-state index contributed by atoms with van der Waals surface area (Å²) in [5.74, 6) is 0.627. The van der Waals surface area contributed by atoms with Crippen molar-refractivity contribution >= 4 is 6.20 Å². The maximum atomic E-state index is 4.43. The number of hydrogen-bond donors (Lipinski definition) is 1. The number of nitrogens with one attached hydrogen (secondary N) is 1. The van der Waals surface area contributed by atoms with Crippen molar-refractivity contribution < 1.29 is 0 Å². The van der Waals surface area contributed by atoms with Crippen LogP contribution in [0.4, 0.5) is 0 Å². The van der Waals surface area contributed by atoms with E-state index in [1.54, 1.807) is 10.9 Å². The van der Waals surface area contributed by atoms with Crippen molar-refractivity contribution in [1.82, 2.24) is 25.0 Å². The van der Waals surface area contributed by atoms with Crippen molar-refractivity contribution in [1.29, 1.82) is 0 Å². The van der Waals surface area contributed by atoms with E-state index in [0.29, 0.717) is 12.0 Å². The first-order valence-corrected chi connectivity index (χ1v) is 8.26. The van der Waals surface area contributed by atoms with Crippen LogP contribution in [-0.4, -0.2) is 38.8 Å². The Balaban J connectivity index is 1.47. The van der Waals surface area contributed by atoms with Crippen LogP contribution in [0.5, 0.6) is 0 Å². The number of piperidine rings is 1. The van der Waals surface area contributed by atoms with Gasteiger partial charge in [-0.15, -0.1) is 0 Å². The topological polar surface area (TPSA) is 46.0 Å². The highest BCUT2D eigenvalue weighted by Gasteiger charge is 2.25. The van der Waals surface area contributed by atoms with Gasteiger partial charge >= 0.3 is 0 Å². The Morgan fingerprint density at radius 2 is 2.35 bits per heavy atom. The van der Waals surface area contributed by atoms with E-state index in [1.165, 1.54) is 12.0 Å². The quantitative estimate of drug-likeness (QED) is 0.890. The molecule has 0 saturated carbocycles. The summed E-state index contributed by atoms with van der Waals surface area (Å²) in [4.78, 5) is 6.93. The molecule has 0 bridgehead atoms. The first-order valence-electron chi connectivity index (χ1n) is 8.26. The summed E-state index contributed by atoms with van der Waals surface area (Å²) in [6.07, 6.45) is 8.67. The van der Waals surface area contributed by atoms with Crippen molar-refractivity contribution in [2.45, 2.75) is 32.5 Å². The molecule has 0 amide bonds. The number of rotatable bonds is 6. The Labute approximate surface area is 138 Å². The van der Waals surface area contributed by atoms with Crippen molar-refractivity contribution in [2.75, 3.05) is 13.1 Å². The van der Waals surface area contributed by atoms with Crippen molar-refractivity contribution in [3.8, 4) is 0 Å². The molecule has 2 aromatic rings. The number of hydrogen-bond acceptors (Lipinski definition) is 4. The monoisotopic (exact) mass is 311 g/mol. The van der Waals surface area contributed by atoms with Gasteiger partial charge in [-0.3, -0.25) is 9.88 Å². The number of likely N-dealkylation sites (tertiary alicyclic amines) is 1. The minimum Gasteiger partial charge on any atom is -0.309 e.